The molecule has 2 rings (SSSR count). The minimum atomic E-state index is -0.305. The van der Waals surface area contributed by atoms with Crippen molar-refractivity contribution in [2.75, 3.05) is 5.73 Å². The second-order valence-corrected chi connectivity index (χ2v) is 3.79. The monoisotopic (exact) mass is 235 g/mol. The summed E-state index contributed by atoms with van der Waals surface area (Å²) < 4.78 is 1.47. The Kier molecular flexibility index (Phi) is 2.92. The summed E-state index contributed by atoms with van der Waals surface area (Å²) in [5, 5.41) is 0.588. The fraction of sp³-hybridized carbons (Fsp3) is 0.0909. The standard InChI is InChI=1S/C11H10ClN3O/c12-10-3-2-9(13)6-8(10)7-15-5-1-4-14-11(15)16/h1-6H,7,13H2. The van der Waals surface area contributed by atoms with Gasteiger partial charge in [0.1, 0.15) is 0 Å². The van der Waals surface area contributed by atoms with Crippen LogP contribution in [-0.4, -0.2) is 9.55 Å². The van der Waals surface area contributed by atoms with Gasteiger partial charge in [-0.15, -0.1) is 0 Å². The summed E-state index contributed by atoms with van der Waals surface area (Å²) in [6.45, 7) is 0.372. The molecule has 4 nitrogen and oxygen atoms in total. The first-order valence-corrected chi connectivity index (χ1v) is 5.10. The van der Waals surface area contributed by atoms with Crippen molar-refractivity contribution < 1.29 is 0 Å². The molecule has 0 fully saturated rings. The van der Waals surface area contributed by atoms with Gasteiger partial charge in [0.2, 0.25) is 0 Å². The quantitative estimate of drug-likeness (QED) is 0.803. The van der Waals surface area contributed by atoms with Gasteiger partial charge in [0.15, 0.2) is 0 Å². The zero-order chi connectivity index (χ0) is 11.5. The van der Waals surface area contributed by atoms with Crippen LogP contribution in [0.25, 0.3) is 0 Å². The average Bonchev–Trinajstić information content (AvgIpc) is 2.27. The molecule has 82 valence electrons. The Morgan fingerprint density at radius 3 is 3.00 bits per heavy atom. The van der Waals surface area contributed by atoms with Crippen LogP contribution in [0.15, 0.2) is 41.5 Å². The summed E-state index contributed by atoms with van der Waals surface area (Å²) in [7, 11) is 0. The molecule has 0 unspecified atom stereocenters. The third kappa shape index (κ3) is 2.23. The summed E-state index contributed by atoms with van der Waals surface area (Å²) >= 11 is 6.01. The lowest BCUT2D eigenvalue weighted by molar-refractivity contribution is 0.727. The third-order valence-electron chi connectivity index (χ3n) is 2.19. The van der Waals surface area contributed by atoms with Crippen molar-refractivity contribution in [1.82, 2.24) is 9.55 Å². The molecule has 0 saturated heterocycles. The van der Waals surface area contributed by atoms with Gasteiger partial charge >= 0.3 is 5.69 Å². The largest absolute Gasteiger partial charge is 0.399 e. The Morgan fingerprint density at radius 1 is 1.44 bits per heavy atom. The molecule has 0 aliphatic heterocycles. The lowest BCUT2D eigenvalue weighted by atomic mass is 10.2. The SMILES string of the molecule is Nc1ccc(Cl)c(Cn2cccnc2=O)c1. The fourth-order valence-electron chi connectivity index (χ4n) is 1.41. The van der Waals surface area contributed by atoms with Gasteiger partial charge in [0, 0.05) is 23.1 Å². The van der Waals surface area contributed by atoms with E-state index in [0.717, 1.165) is 5.56 Å². The first-order chi connectivity index (χ1) is 7.66. The lowest BCUT2D eigenvalue weighted by Crippen LogP contribution is -2.22. The van der Waals surface area contributed by atoms with E-state index in [-0.39, 0.29) is 5.69 Å². The maximum atomic E-state index is 11.4. The Labute approximate surface area is 97.3 Å². The van der Waals surface area contributed by atoms with Gasteiger partial charge in [-0.1, -0.05) is 11.6 Å². The van der Waals surface area contributed by atoms with Crippen LogP contribution in [0.4, 0.5) is 5.69 Å². The van der Waals surface area contributed by atoms with Crippen LogP contribution in [-0.2, 0) is 6.54 Å². The number of anilines is 1. The van der Waals surface area contributed by atoms with Crippen LogP contribution in [0.3, 0.4) is 0 Å². The van der Waals surface area contributed by atoms with E-state index in [2.05, 4.69) is 4.98 Å². The van der Waals surface area contributed by atoms with Gasteiger partial charge < -0.3 is 5.73 Å². The summed E-state index contributed by atoms with van der Waals surface area (Å²) in [6.07, 6.45) is 3.12. The molecule has 1 aromatic heterocycles. The first kappa shape index (κ1) is 10.7. The van der Waals surface area contributed by atoms with Crippen molar-refractivity contribution in [1.29, 1.82) is 0 Å². The molecule has 2 aromatic rings. The van der Waals surface area contributed by atoms with E-state index in [0.29, 0.717) is 17.3 Å². The number of hydrogen-bond acceptors (Lipinski definition) is 3. The van der Waals surface area contributed by atoms with Crippen LogP contribution in [0.1, 0.15) is 5.56 Å². The number of hydrogen-bond donors (Lipinski definition) is 1. The highest BCUT2D eigenvalue weighted by molar-refractivity contribution is 6.31. The highest BCUT2D eigenvalue weighted by Crippen LogP contribution is 2.19. The van der Waals surface area contributed by atoms with Gasteiger partial charge in [0.25, 0.3) is 0 Å². The van der Waals surface area contributed by atoms with Crippen molar-refractivity contribution >= 4 is 17.3 Å². The summed E-state index contributed by atoms with van der Waals surface area (Å²) in [6, 6.07) is 6.88. The Morgan fingerprint density at radius 2 is 2.25 bits per heavy atom. The van der Waals surface area contributed by atoms with E-state index in [1.54, 1.807) is 30.5 Å². The van der Waals surface area contributed by atoms with E-state index in [1.807, 2.05) is 0 Å². The molecule has 0 amide bonds. The fourth-order valence-corrected chi connectivity index (χ4v) is 1.58. The number of nitrogens with two attached hydrogens (primary N) is 1. The maximum Gasteiger partial charge on any atom is 0.347 e. The Balaban J connectivity index is 2.38. The number of benzene rings is 1. The predicted octanol–water partition coefficient (Wildman–Crippen LogP) is 1.53. The normalized spacial score (nSPS) is 10.3. The van der Waals surface area contributed by atoms with Crippen LogP contribution in [0.5, 0.6) is 0 Å². The molecule has 2 N–H and O–H groups in total. The summed E-state index contributed by atoms with van der Waals surface area (Å²) in [5.74, 6) is 0. The molecule has 1 aromatic carbocycles. The van der Waals surface area contributed by atoms with Crippen LogP contribution < -0.4 is 11.4 Å². The summed E-state index contributed by atoms with van der Waals surface area (Å²) in [4.78, 5) is 15.1. The minimum Gasteiger partial charge on any atom is -0.399 e. The van der Waals surface area contributed by atoms with Crippen LogP contribution >= 0.6 is 11.6 Å². The van der Waals surface area contributed by atoms with Crippen molar-refractivity contribution in [2.45, 2.75) is 6.54 Å². The van der Waals surface area contributed by atoms with Crippen LogP contribution in [0.2, 0.25) is 5.02 Å². The lowest BCUT2D eigenvalue weighted by Gasteiger charge is -2.07. The molecule has 0 aliphatic carbocycles. The molecule has 0 spiro atoms. The highest BCUT2D eigenvalue weighted by atomic mass is 35.5. The zero-order valence-electron chi connectivity index (χ0n) is 8.43. The topological polar surface area (TPSA) is 60.9 Å². The van der Waals surface area contributed by atoms with E-state index in [4.69, 9.17) is 17.3 Å². The molecule has 0 radical (unpaired) electrons. The molecule has 5 heteroatoms. The molecule has 0 aliphatic rings. The van der Waals surface area contributed by atoms with E-state index in [1.165, 1.54) is 10.8 Å². The first-order valence-electron chi connectivity index (χ1n) is 4.72. The molecule has 16 heavy (non-hydrogen) atoms. The molecular weight excluding hydrogens is 226 g/mol. The second-order valence-electron chi connectivity index (χ2n) is 3.38. The van der Waals surface area contributed by atoms with E-state index < -0.39 is 0 Å². The van der Waals surface area contributed by atoms with E-state index >= 15 is 0 Å². The molecule has 1 heterocycles. The van der Waals surface area contributed by atoms with Gasteiger partial charge in [0.05, 0.1) is 6.54 Å². The van der Waals surface area contributed by atoms with Gasteiger partial charge in [-0.2, -0.15) is 0 Å². The number of rotatable bonds is 2. The molecular formula is C11H10ClN3O. The Bertz CT molecular complexity index is 565. The van der Waals surface area contributed by atoms with Crippen LogP contribution in [0, 0.1) is 0 Å². The number of nitrogen functional groups attached to an aromatic ring is 1. The number of halogens is 1. The van der Waals surface area contributed by atoms with Gasteiger partial charge in [-0.3, -0.25) is 4.57 Å². The predicted molar refractivity (Wildman–Crippen MR) is 63.5 cm³/mol. The van der Waals surface area contributed by atoms with E-state index in [9.17, 15) is 4.79 Å². The van der Waals surface area contributed by atoms with Crippen molar-refractivity contribution in [3.63, 3.8) is 0 Å². The number of nitrogens with zero attached hydrogens (tertiary/aromatic N) is 2. The maximum absolute atomic E-state index is 11.4. The highest BCUT2D eigenvalue weighted by Gasteiger charge is 2.03. The van der Waals surface area contributed by atoms with Gasteiger partial charge in [-0.25, -0.2) is 9.78 Å². The third-order valence-corrected chi connectivity index (χ3v) is 2.56. The Hall–Kier alpha value is -1.81. The molecule has 0 bridgehead atoms. The number of aromatic nitrogens is 2. The van der Waals surface area contributed by atoms with Crippen molar-refractivity contribution in [2.24, 2.45) is 0 Å². The minimum absolute atomic E-state index is 0.305. The smallest absolute Gasteiger partial charge is 0.347 e. The zero-order valence-corrected chi connectivity index (χ0v) is 9.19. The summed E-state index contributed by atoms with van der Waals surface area (Å²) in [5.41, 5.74) is 6.78. The second kappa shape index (κ2) is 4.37. The molecule has 0 atom stereocenters. The van der Waals surface area contributed by atoms with Crippen molar-refractivity contribution in [3.8, 4) is 0 Å². The molecule has 0 saturated carbocycles. The van der Waals surface area contributed by atoms with Gasteiger partial charge in [-0.05, 0) is 29.8 Å². The van der Waals surface area contributed by atoms with Crippen molar-refractivity contribution in [3.05, 3.63) is 57.7 Å². The average molecular weight is 236 g/mol.